The number of para-hydroxylation sites is 1. The lowest BCUT2D eigenvalue weighted by Crippen LogP contribution is -2.42. The Labute approximate surface area is 229 Å². The van der Waals surface area contributed by atoms with E-state index < -0.39 is 50.5 Å². The third-order valence-electron chi connectivity index (χ3n) is 5.96. The average Bonchev–Trinajstić information content (AvgIpc) is 3.46. The van der Waals surface area contributed by atoms with Crippen molar-refractivity contribution in [2.24, 2.45) is 0 Å². The highest BCUT2D eigenvalue weighted by Crippen LogP contribution is 2.48. The number of rotatable bonds is 11. The molecule has 0 aliphatic carbocycles. The van der Waals surface area contributed by atoms with E-state index in [4.69, 9.17) is 30.7 Å². The molecule has 1 saturated heterocycles. The number of aromatic nitrogens is 4. The Hall–Kier alpha value is -3.80. The Morgan fingerprint density at radius 1 is 1.40 bits per heavy atom. The van der Waals surface area contributed by atoms with Gasteiger partial charge in [-0.25, -0.2) is 13.9 Å². The number of carbonyl (C=O) groups excluding carboxylic acids is 1. The van der Waals surface area contributed by atoms with Crippen LogP contribution >= 0.6 is 7.75 Å². The topological polar surface area (TPSA) is 185 Å². The van der Waals surface area contributed by atoms with Crippen molar-refractivity contribution in [1.29, 1.82) is 0 Å². The van der Waals surface area contributed by atoms with Gasteiger partial charge in [-0.3, -0.25) is 13.9 Å². The molecule has 0 spiro atoms. The van der Waals surface area contributed by atoms with Crippen LogP contribution in [0.15, 0.2) is 36.7 Å². The van der Waals surface area contributed by atoms with Gasteiger partial charge >= 0.3 is 13.7 Å². The summed E-state index contributed by atoms with van der Waals surface area (Å²) in [4.78, 5) is 24.5. The van der Waals surface area contributed by atoms with Crippen molar-refractivity contribution in [3.05, 3.63) is 36.7 Å². The first kappa shape index (κ1) is 29.2. The number of anilines is 2. The second-order valence-electron chi connectivity index (χ2n) is 8.69. The van der Waals surface area contributed by atoms with Gasteiger partial charge in [0.1, 0.15) is 24.0 Å². The van der Waals surface area contributed by atoms with E-state index in [-0.39, 0.29) is 35.3 Å². The van der Waals surface area contributed by atoms with Crippen molar-refractivity contribution in [3.8, 4) is 18.1 Å². The summed E-state index contributed by atoms with van der Waals surface area (Å²) in [6.45, 7) is 2.47. The van der Waals surface area contributed by atoms with Gasteiger partial charge in [0.05, 0.1) is 19.5 Å². The molecule has 40 heavy (non-hydrogen) atoms. The molecular formula is C24H29FN7O7P. The van der Waals surface area contributed by atoms with Crippen molar-refractivity contribution >= 4 is 36.6 Å². The molecular weight excluding hydrogens is 548 g/mol. The highest BCUT2D eigenvalue weighted by Gasteiger charge is 2.58. The van der Waals surface area contributed by atoms with Crippen LogP contribution in [-0.4, -0.2) is 74.8 Å². The number of hydrogen-bond donors (Lipinski definition) is 4. The summed E-state index contributed by atoms with van der Waals surface area (Å²) in [5.41, 5.74) is 3.36. The quantitative estimate of drug-likeness (QED) is 0.147. The minimum atomic E-state index is -4.32. The van der Waals surface area contributed by atoms with E-state index in [1.54, 1.807) is 32.2 Å². The zero-order chi connectivity index (χ0) is 29.1. The number of nitrogens with zero attached hydrogens (tertiary/aromatic N) is 4. The predicted octanol–water partition coefficient (Wildman–Crippen LogP) is 1.79. The van der Waals surface area contributed by atoms with Gasteiger partial charge in [-0.05, 0) is 26.0 Å². The highest BCUT2D eigenvalue weighted by atomic mass is 31.2. The molecule has 0 saturated carbocycles. The number of aliphatic hydroxyl groups is 1. The van der Waals surface area contributed by atoms with Gasteiger partial charge in [0.25, 0.3) is 0 Å². The van der Waals surface area contributed by atoms with Crippen LogP contribution in [0.1, 0.15) is 20.1 Å². The molecule has 14 nitrogen and oxygen atoms in total. The molecule has 0 radical (unpaired) electrons. The van der Waals surface area contributed by atoms with Crippen LogP contribution in [0.2, 0.25) is 0 Å². The van der Waals surface area contributed by atoms with E-state index >= 15 is 4.39 Å². The first-order valence-corrected chi connectivity index (χ1v) is 13.7. The molecule has 16 heteroatoms. The van der Waals surface area contributed by atoms with Crippen LogP contribution in [0, 0.1) is 12.3 Å². The number of benzene rings is 1. The lowest BCUT2D eigenvalue weighted by atomic mass is 9.97. The standard InChI is InChI=1S/C24H29FN7O7P/c1-5-24(25)18(33)16(38-22(24)32-13-28-17-19(27-4)29-23(26)30-20(17)32)12-37-40(35,31-14(3)21(34)36-6-2)39-15-10-8-7-9-11-15/h1,7-11,13-14,16,18,22,33H,6,12H2,2-4H3,(H,31,35)(H3,26,27,29,30)/t14?,16-,18-,22-,24-,40+/m1/s1. The van der Waals surface area contributed by atoms with E-state index in [1.165, 1.54) is 30.0 Å². The van der Waals surface area contributed by atoms with E-state index in [1.807, 2.05) is 5.92 Å². The molecule has 1 aromatic carbocycles. The summed E-state index contributed by atoms with van der Waals surface area (Å²) in [7, 11) is -2.73. The van der Waals surface area contributed by atoms with E-state index in [9.17, 15) is 14.5 Å². The Morgan fingerprint density at radius 2 is 2.12 bits per heavy atom. The molecule has 3 aromatic rings. The van der Waals surface area contributed by atoms with Crippen LogP contribution < -0.4 is 20.7 Å². The van der Waals surface area contributed by atoms with E-state index in [2.05, 4.69) is 25.4 Å². The van der Waals surface area contributed by atoms with Gasteiger partial charge in [0, 0.05) is 7.05 Å². The lowest BCUT2D eigenvalue weighted by Gasteiger charge is -2.25. The predicted molar refractivity (Wildman–Crippen MR) is 142 cm³/mol. The third kappa shape index (κ3) is 5.72. The summed E-state index contributed by atoms with van der Waals surface area (Å²) in [5, 5.41) is 16.2. The Kier molecular flexibility index (Phi) is 8.57. The lowest BCUT2D eigenvalue weighted by molar-refractivity contribution is -0.144. The van der Waals surface area contributed by atoms with Gasteiger partial charge in [-0.15, -0.1) is 6.42 Å². The number of fused-ring (bicyclic) bond motifs is 1. The van der Waals surface area contributed by atoms with Crippen LogP contribution in [0.3, 0.4) is 0 Å². The minimum absolute atomic E-state index is 0.0934. The number of carbonyl (C=O) groups is 1. The zero-order valence-electron chi connectivity index (χ0n) is 21.9. The number of alkyl halides is 1. The fraction of sp³-hybridized carbons (Fsp3) is 0.417. The number of hydrogen-bond acceptors (Lipinski definition) is 12. The molecule has 1 unspecified atom stereocenters. The Morgan fingerprint density at radius 3 is 2.77 bits per heavy atom. The Bertz CT molecular complexity index is 1450. The number of nitrogens with two attached hydrogens (primary N) is 1. The van der Waals surface area contributed by atoms with Crippen molar-refractivity contribution in [1.82, 2.24) is 24.6 Å². The summed E-state index contributed by atoms with van der Waals surface area (Å²) in [5.74, 6) is 1.57. The third-order valence-corrected chi connectivity index (χ3v) is 7.61. The number of nitrogens with one attached hydrogen (secondary N) is 2. The summed E-state index contributed by atoms with van der Waals surface area (Å²) >= 11 is 0. The second-order valence-corrected chi connectivity index (χ2v) is 10.4. The number of halogens is 1. The normalized spacial score (nSPS) is 24.6. The van der Waals surface area contributed by atoms with Crippen LogP contribution in [0.4, 0.5) is 16.2 Å². The van der Waals surface area contributed by atoms with E-state index in [0.717, 1.165) is 0 Å². The van der Waals surface area contributed by atoms with Gasteiger partial charge in [0.2, 0.25) is 11.6 Å². The van der Waals surface area contributed by atoms with E-state index in [0.29, 0.717) is 0 Å². The average molecular weight is 578 g/mol. The first-order valence-electron chi connectivity index (χ1n) is 12.2. The fourth-order valence-corrected chi connectivity index (χ4v) is 5.53. The zero-order valence-corrected chi connectivity index (χ0v) is 22.7. The van der Waals surface area contributed by atoms with Crippen molar-refractivity contribution in [3.63, 3.8) is 0 Å². The SMILES string of the molecule is C#C[C@@]1(F)[C@H](O)[C@@H](CO[P@@](=O)(NC(C)C(=O)OCC)Oc2ccccc2)O[C@H]1n1cnc2c(NC)nc(N)nc21. The molecule has 1 fully saturated rings. The maximum atomic E-state index is 16.1. The van der Waals surface area contributed by atoms with Crippen molar-refractivity contribution < 1.29 is 37.4 Å². The molecule has 0 bridgehead atoms. The number of aliphatic hydroxyl groups excluding tert-OH is 1. The largest absolute Gasteiger partial charge is 0.465 e. The molecule has 3 heterocycles. The molecule has 4 rings (SSSR count). The van der Waals surface area contributed by atoms with Gasteiger partial charge in [-0.2, -0.15) is 15.1 Å². The molecule has 2 aromatic heterocycles. The fourth-order valence-electron chi connectivity index (χ4n) is 4.03. The number of nitrogen functional groups attached to an aromatic ring is 1. The Balaban J connectivity index is 1.60. The number of imidazole rings is 1. The number of terminal acetylenes is 1. The minimum Gasteiger partial charge on any atom is -0.465 e. The number of ether oxygens (including phenoxy) is 2. The van der Waals surface area contributed by atoms with Crippen LogP contribution in [-0.2, 0) is 23.4 Å². The smallest absolute Gasteiger partial charge is 0.459 e. The maximum absolute atomic E-state index is 16.1. The number of esters is 1. The highest BCUT2D eigenvalue weighted by molar-refractivity contribution is 7.52. The van der Waals surface area contributed by atoms with Crippen LogP contribution in [0.5, 0.6) is 5.75 Å². The molecule has 6 atom stereocenters. The first-order chi connectivity index (χ1) is 19.0. The molecule has 0 amide bonds. The van der Waals surface area contributed by atoms with Gasteiger partial charge < -0.3 is 30.2 Å². The summed E-state index contributed by atoms with van der Waals surface area (Å²) in [6, 6.07) is 6.93. The summed E-state index contributed by atoms with van der Waals surface area (Å²) in [6.07, 6.45) is 1.74. The van der Waals surface area contributed by atoms with Gasteiger partial charge in [0.15, 0.2) is 23.2 Å². The maximum Gasteiger partial charge on any atom is 0.459 e. The summed E-state index contributed by atoms with van der Waals surface area (Å²) < 4.78 is 52.8. The van der Waals surface area contributed by atoms with Crippen molar-refractivity contribution in [2.45, 2.75) is 44.0 Å². The van der Waals surface area contributed by atoms with Crippen LogP contribution in [0.25, 0.3) is 11.2 Å². The monoisotopic (exact) mass is 577 g/mol. The molecule has 5 N–H and O–H groups in total. The molecule has 214 valence electrons. The van der Waals surface area contributed by atoms with Gasteiger partial charge in [-0.1, -0.05) is 24.1 Å². The second kappa shape index (κ2) is 11.7. The molecule has 1 aliphatic heterocycles. The molecule has 1 aliphatic rings. The van der Waals surface area contributed by atoms with Crippen molar-refractivity contribution in [2.75, 3.05) is 31.3 Å².